The number of hydrogen-bond acceptors (Lipinski definition) is 7. The minimum absolute atomic E-state index is 0.0756. The topological polar surface area (TPSA) is 104 Å². The van der Waals surface area contributed by atoms with Gasteiger partial charge >= 0.3 is 0 Å². The molecule has 9 heteroatoms. The molecule has 0 atom stereocenters. The molecule has 4 rings (SSSR count). The van der Waals surface area contributed by atoms with Crippen molar-refractivity contribution >= 4 is 11.6 Å². The van der Waals surface area contributed by atoms with Gasteiger partial charge in [0.1, 0.15) is 12.2 Å². The molecule has 0 bridgehead atoms. The number of nitrogens with one attached hydrogen (secondary N) is 1. The molecule has 1 aromatic carbocycles. The van der Waals surface area contributed by atoms with Gasteiger partial charge in [-0.25, -0.2) is 15.0 Å². The second kappa shape index (κ2) is 7.57. The number of nitrogens with zero attached hydrogens (tertiary/aromatic N) is 4. The van der Waals surface area contributed by atoms with Crippen molar-refractivity contribution in [2.24, 2.45) is 0 Å². The van der Waals surface area contributed by atoms with E-state index in [2.05, 4.69) is 24.8 Å². The summed E-state index contributed by atoms with van der Waals surface area (Å²) in [7, 11) is 1.47. The molecule has 8 nitrogen and oxygen atoms in total. The standard InChI is InChI=1S/C19H18ClN5O3/c1-28-15-3-2-11(16(20)17(15)26)8-25-5-4-14-13(9-25)19(27)24-18(23-14)12-6-21-10-22-7-12/h2-3,6-7,10,26H,4-5,8-9H2,1H3,(H,23,24,27). The summed E-state index contributed by atoms with van der Waals surface area (Å²) in [6, 6.07) is 3.49. The van der Waals surface area contributed by atoms with Crippen LogP contribution in [0.1, 0.15) is 16.8 Å². The number of aromatic hydroxyl groups is 1. The molecule has 0 amide bonds. The van der Waals surface area contributed by atoms with E-state index in [1.54, 1.807) is 18.5 Å². The van der Waals surface area contributed by atoms with Crippen molar-refractivity contribution in [2.75, 3.05) is 13.7 Å². The van der Waals surface area contributed by atoms with Crippen LogP contribution in [0.4, 0.5) is 0 Å². The van der Waals surface area contributed by atoms with Crippen molar-refractivity contribution in [3.8, 4) is 22.9 Å². The van der Waals surface area contributed by atoms with Crippen molar-refractivity contribution < 1.29 is 9.84 Å². The summed E-state index contributed by atoms with van der Waals surface area (Å²) in [5.41, 5.74) is 2.69. The molecule has 2 aromatic heterocycles. The number of benzene rings is 1. The summed E-state index contributed by atoms with van der Waals surface area (Å²) in [6.07, 6.45) is 5.30. The summed E-state index contributed by atoms with van der Waals surface area (Å²) in [5.74, 6) is 0.727. The fraction of sp³-hybridized carbons (Fsp3) is 0.263. The Bertz CT molecular complexity index is 1070. The van der Waals surface area contributed by atoms with E-state index in [1.165, 1.54) is 13.4 Å². The van der Waals surface area contributed by atoms with Gasteiger partial charge in [-0.1, -0.05) is 17.7 Å². The van der Waals surface area contributed by atoms with Crippen LogP contribution in [0.25, 0.3) is 11.4 Å². The molecule has 1 aliphatic rings. The van der Waals surface area contributed by atoms with Gasteiger partial charge in [-0.3, -0.25) is 9.69 Å². The average molecular weight is 400 g/mol. The highest BCUT2D eigenvalue weighted by Gasteiger charge is 2.23. The molecule has 144 valence electrons. The van der Waals surface area contributed by atoms with Crippen LogP contribution < -0.4 is 10.3 Å². The molecule has 0 saturated heterocycles. The van der Waals surface area contributed by atoms with E-state index in [9.17, 15) is 9.90 Å². The van der Waals surface area contributed by atoms with Gasteiger partial charge in [0, 0.05) is 38.4 Å². The highest BCUT2D eigenvalue weighted by Crippen LogP contribution is 2.37. The molecule has 0 radical (unpaired) electrons. The van der Waals surface area contributed by atoms with E-state index >= 15 is 0 Å². The third-order valence-corrected chi connectivity index (χ3v) is 5.18. The quantitative estimate of drug-likeness (QED) is 0.692. The smallest absolute Gasteiger partial charge is 0.255 e. The Labute approximate surface area is 165 Å². The maximum atomic E-state index is 12.6. The van der Waals surface area contributed by atoms with Gasteiger partial charge in [0.05, 0.1) is 29.0 Å². The Balaban J connectivity index is 1.58. The third kappa shape index (κ3) is 3.44. The number of methoxy groups -OCH3 is 1. The minimum atomic E-state index is -0.169. The Morgan fingerprint density at radius 2 is 2.11 bits per heavy atom. The maximum Gasteiger partial charge on any atom is 0.255 e. The summed E-state index contributed by atoms with van der Waals surface area (Å²) in [6.45, 7) is 1.67. The van der Waals surface area contributed by atoms with Crippen LogP contribution >= 0.6 is 11.6 Å². The van der Waals surface area contributed by atoms with E-state index in [4.69, 9.17) is 16.3 Å². The summed E-state index contributed by atoms with van der Waals surface area (Å²) in [5, 5.41) is 10.4. The molecule has 0 spiro atoms. The number of phenolic OH excluding ortho intramolecular Hbond substituents is 1. The van der Waals surface area contributed by atoms with E-state index in [-0.39, 0.29) is 16.3 Å². The van der Waals surface area contributed by atoms with Gasteiger partial charge in [0.2, 0.25) is 0 Å². The van der Waals surface area contributed by atoms with Crippen LogP contribution in [0, 0.1) is 0 Å². The molecule has 0 saturated carbocycles. The lowest BCUT2D eigenvalue weighted by molar-refractivity contribution is 0.241. The van der Waals surface area contributed by atoms with Gasteiger partial charge in [-0.2, -0.15) is 0 Å². The predicted octanol–water partition coefficient (Wildman–Crippen LogP) is 2.15. The monoisotopic (exact) mass is 399 g/mol. The number of aromatic amines is 1. The zero-order valence-electron chi connectivity index (χ0n) is 15.1. The number of halogens is 1. The first-order valence-electron chi connectivity index (χ1n) is 8.71. The molecule has 0 aliphatic carbocycles. The number of H-pyrrole nitrogens is 1. The molecule has 28 heavy (non-hydrogen) atoms. The first kappa shape index (κ1) is 18.4. The Morgan fingerprint density at radius 3 is 2.86 bits per heavy atom. The summed E-state index contributed by atoms with van der Waals surface area (Å²) < 4.78 is 5.07. The number of rotatable bonds is 4. The van der Waals surface area contributed by atoms with Gasteiger partial charge in [-0.15, -0.1) is 0 Å². The largest absolute Gasteiger partial charge is 0.503 e. The fourth-order valence-corrected chi connectivity index (χ4v) is 3.51. The maximum absolute atomic E-state index is 12.6. The highest BCUT2D eigenvalue weighted by molar-refractivity contribution is 6.33. The fourth-order valence-electron chi connectivity index (χ4n) is 3.29. The first-order chi connectivity index (χ1) is 13.6. The van der Waals surface area contributed by atoms with E-state index < -0.39 is 0 Å². The van der Waals surface area contributed by atoms with Gasteiger partial charge in [0.15, 0.2) is 11.5 Å². The van der Waals surface area contributed by atoms with Crippen molar-refractivity contribution in [3.63, 3.8) is 0 Å². The van der Waals surface area contributed by atoms with Crippen LogP contribution in [0.3, 0.4) is 0 Å². The van der Waals surface area contributed by atoms with Crippen molar-refractivity contribution in [3.05, 3.63) is 63.1 Å². The van der Waals surface area contributed by atoms with Crippen LogP contribution in [0.5, 0.6) is 11.5 Å². The number of aromatic nitrogens is 4. The zero-order chi connectivity index (χ0) is 19.7. The Hall–Kier alpha value is -2.97. The lowest BCUT2D eigenvalue weighted by Gasteiger charge is -2.28. The van der Waals surface area contributed by atoms with E-state index in [0.717, 1.165) is 17.8 Å². The van der Waals surface area contributed by atoms with E-state index in [0.29, 0.717) is 42.2 Å². The lowest BCUT2D eigenvalue weighted by atomic mass is 10.1. The average Bonchev–Trinajstić information content (AvgIpc) is 2.72. The molecule has 3 aromatic rings. The number of hydrogen-bond donors (Lipinski definition) is 2. The minimum Gasteiger partial charge on any atom is -0.503 e. The Kier molecular flexibility index (Phi) is 4.97. The Morgan fingerprint density at radius 1 is 1.32 bits per heavy atom. The molecule has 0 unspecified atom stereocenters. The number of ether oxygens (including phenoxy) is 1. The summed E-state index contributed by atoms with van der Waals surface area (Å²) in [4.78, 5) is 30.1. The van der Waals surface area contributed by atoms with Crippen molar-refractivity contribution in [2.45, 2.75) is 19.5 Å². The second-order valence-corrected chi connectivity index (χ2v) is 6.90. The predicted molar refractivity (Wildman–Crippen MR) is 103 cm³/mol. The SMILES string of the molecule is COc1ccc(CN2CCc3nc(-c4cncnc4)[nH]c(=O)c3C2)c(Cl)c1O. The molecule has 2 N–H and O–H groups in total. The normalized spacial score (nSPS) is 13.9. The third-order valence-electron chi connectivity index (χ3n) is 4.75. The van der Waals surface area contributed by atoms with Crippen LogP contribution in [0.15, 0.2) is 35.6 Å². The zero-order valence-corrected chi connectivity index (χ0v) is 15.9. The lowest BCUT2D eigenvalue weighted by Crippen LogP contribution is -2.35. The van der Waals surface area contributed by atoms with E-state index in [1.807, 2.05) is 6.07 Å². The molecule has 1 aliphatic heterocycles. The second-order valence-electron chi connectivity index (χ2n) is 6.52. The molecule has 0 fully saturated rings. The molecular weight excluding hydrogens is 382 g/mol. The number of fused-ring (bicyclic) bond motifs is 1. The van der Waals surface area contributed by atoms with Crippen LogP contribution in [0.2, 0.25) is 5.02 Å². The summed E-state index contributed by atoms with van der Waals surface area (Å²) >= 11 is 6.27. The molecular formula is C19H18ClN5O3. The van der Waals surface area contributed by atoms with Crippen LogP contribution in [-0.4, -0.2) is 43.6 Å². The highest BCUT2D eigenvalue weighted by atomic mass is 35.5. The van der Waals surface area contributed by atoms with Gasteiger partial charge in [0.25, 0.3) is 5.56 Å². The number of phenols is 1. The van der Waals surface area contributed by atoms with Crippen LogP contribution in [-0.2, 0) is 19.5 Å². The van der Waals surface area contributed by atoms with Gasteiger partial charge in [-0.05, 0) is 11.6 Å². The van der Waals surface area contributed by atoms with Crippen molar-refractivity contribution in [1.29, 1.82) is 0 Å². The van der Waals surface area contributed by atoms with Crippen molar-refractivity contribution in [1.82, 2.24) is 24.8 Å². The van der Waals surface area contributed by atoms with Gasteiger partial charge < -0.3 is 14.8 Å². The molecule has 3 heterocycles. The first-order valence-corrected chi connectivity index (χ1v) is 9.08.